The second-order valence-corrected chi connectivity index (χ2v) is 5.35. The van der Waals surface area contributed by atoms with Crippen LogP contribution in [0.1, 0.15) is 5.82 Å². The number of methoxy groups -OCH3 is 1. The van der Waals surface area contributed by atoms with Gasteiger partial charge in [0.25, 0.3) is 11.3 Å². The van der Waals surface area contributed by atoms with Gasteiger partial charge in [-0.2, -0.15) is 9.50 Å². The number of likely N-dealkylation sites (N-methyl/N-ethyl adjacent to an activating group) is 1. The summed E-state index contributed by atoms with van der Waals surface area (Å²) in [6.45, 7) is 1.74. The predicted octanol–water partition coefficient (Wildman–Crippen LogP) is 0.147. The van der Waals surface area contributed by atoms with Crippen LogP contribution in [0.5, 0.6) is 0 Å². The van der Waals surface area contributed by atoms with Crippen LogP contribution in [-0.4, -0.2) is 56.8 Å². The molecule has 0 bridgehead atoms. The standard InChI is InChI=1S/C14H18N6O2/c1-18(2)6-7-19-5-4-11-10(13(19)21)8-15-14-16-12(9-22-3)17-20(11)14/h4-5,8H,6-7,9H2,1-3H3. The first-order chi connectivity index (χ1) is 10.6. The average Bonchev–Trinajstić information content (AvgIpc) is 2.89. The minimum Gasteiger partial charge on any atom is -0.377 e. The highest BCUT2D eigenvalue weighted by Crippen LogP contribution is 2.10. The minimum absolute atomic E-state index is 0.0717. The molecule has 0 radical (unpaired) electrons. The van der Waals surface area contributed by atoms with E-state index in [9.17, 15) is 4.79 Å². The molecule has 3 aromatic heterocycles. The highest BCUT2D eigenvalue weighted by Gasteiger charge is 2.11. The first-order valence-electron chi connectivity index (χ1n) is 6.97. The molecule has 8 heteroatoms. The molecule has 8 nitrogen and oxygen atoms in total. The fraction of sp³-hybridized carbons (Fsp3) is 0.429. The molecule has 0 N–H and O–H groups in total. The first-order valence-corrected chi connectivity index (χ1v) is 6.97. The molecule has 116 valence electrons. The van der Waals surface area contributed by atoms with Crippen molar-refractivity contribution in [1.82, 2.24) is 29.0 Å². The van der Waals surface area contributed by atoms with E-state index in [0.29, 0.717) is 35.7 Å². The maximum absolute atomic E-state index is 12.5. The monoisotopic (exact) mass is 302 g/mol. The highest BCUT2D eigenvalue weighted by molar-refractivity contribution is 5.78. The van der Waals surface area contributed by atoms with Crippen LogP contribution < -0.4 is 5.56 Å². The molecular formula is C14H18N6O2. The lowest BCUT2D eigenvalue weighted by Crippen LogP contribution is -2.26. The first kappa shape index (κ1) is 14.6. The summed E-state index contributed by atoms with van der Waals surface area (Å²) in [5.41, 5.74) is 0.628. The van der Waals surface area contributed by atoms with Gasteiger partial charge in [-0.1, -0.05) is 0 Å². The van der Waals surface area contributed by atoms with E-state index < -0.39 is 0 Å². The van der Waals surface area contributed by atoms with Crippen molar-refractivity contribution < 1.29 is 4.74 Å². The molecule has 0 aliphatic rings. The van der Waals surface area contributed by atoms with E-state index in [1.807, 2.05) is 25.1 Å². The van der Waals surface area contributed by atoms with Gasteiger partial charge in [0.15, 0.2) is 5.82 Å². The molecular weight excluding hydrogens is 284 g/mol. The quantitative estimate of drug-likeness (QED) is 0.667. The lowest BCUT2D eigenvalue weighted by molar-refractivity contribution is 0.178. The number of hydrogen-bond acceptors (Lipinski definition) is 6. The molecule has 0 unspecified atom stereocenters. The van der Waals surface area contributed by atoms with Crippen LogP contribution in [0.3, 0.4) is 0 Å². The van der Waals surface area contributed by atoms with E-state index >= 15 is 0 Å². The SMILES string of the molecule is COCc1nc2ncc3c(=O)n(CCN(C)C)ccc3n2n1. The summed E-state index contributed by atoms with van der Waals surface area (Å²) >= 11 is 0. The Bertz CT molecular complexity index is 867. The van der Waals surface area contributed by atoms with E-state index in [1.165, 1.54) is 0 Å². The number of nitrogens with zero attached hydrogens (tertiary/aromatic N) is 6. The van der Waals surface area contributed by atoms with Crippen molar-refractivity contribution in [2.24, 2.45) is 0 Å². The zero-order valence-corrected chi connectivity index (χ0v) is 12.9. The fourth-order valence-corrected chi connectivity index (χ4v) is 2.28. The zero-order valence-electron chi connectivity index (χ0n) is 12.9. The third kappa shape index (κ3) is 2.58. The average molecular weight is 302 g/mol. The Morgan fingerprint density at radius 2 is 2.18 bits per heavy atom. The van der Waals surface area contributed by atoms with Crippen molar-refractivity contribution in [2.45, 2.75) is 13.2 Å². The molecule has 0 saturated carbocycles. The molecule has 0 atom stereocenters. The third-order valence-corrected chi connectivity index (χ3v) is 3.41. The van der Waals surface area contributed by atoms with Gasteiger partial charge in [0.2, 0.25) is 0 Å². The van der Waals surface area contributed by atoms with E-state index in [-0.39, 0.29) is 5.56 Å². The summed E-state index contributed by atoms with van der Waals surface area (Å²) < 4.78 is 8.30. The normalized spacial score (nSPS) is 11.8. The third-order valence-electron chi connectivity index (χ3n) is 3.41. The van der Waals surface area contributed by atoms with Gasteiger partial charge < -0.3 is 14.2 Å². The molecule has 22 heavy (non-hydrogen) atoms. The maximum atomic E-state index is 12.5. The second kappa shape index (κ2) is 5.82. The van der Waals surface area contributed by atoms with Crippen molar-refractivity contribution in [1.29, 1.82) is 0 Å². The van der Waals surface area contributed by atoms with Gasteiger partial charge in [-0.15, -0.1) is 5.10 Å². The van der Waals surface area contributed by atoms with Gasteiger partial charge >= 0.3 is 0 Å². The number of fused-ring (bicyclic) bond motifs is 3. The van der Waals surface area contributed by atoms with Crippen LogP contribution in [0.2, 0.25) is 0 Å². The lowest BCUT2D eigenvalue weighted by atomic mass is 10.3. The van der Waals surface area contributed by atoms with Gasteiger partial charge in [0.1, 0.15) is 6.61 Å². The molecule has 0 spiro atoms. The molecule has 3 aromatic rings. The van der Waals surface area contributed by atoms with Crippen LogP contribution in [0.25, 0.3) is 16.7 Å². The van der Waals surface area contributed by atoms with E-state index in [4.69, 9.17) is 4.74 Å². The Labute approximate surface area is 127 Å². The van der Waals surface area contributed by atoms with E-state index in [2.05, 4.69) is 15.1 Å². The number of hydrogen-bond donors (Lipinski definition) is 0. The number of aromatic nitrogens is 5. The largest absolute Gasteiger partial charge is 0.377 e. The van der Waals surface area contributed by atoms with Crippen LogP contribution in [0.15, 0.2) is 23.3 Å². The molecule has 0 aliphatic carbocycles. The second-order valence-electron chi connectivity index (χ2n) is 5.35. The Balaban J connectivity index is 2.11. The summed E-state index contributed by atoms with van der Waals surface area (Å²) in [5.74, 6) is 1.00. The van der Waals surface area contributed by atoms with Crippen molar-refractivity contribution in [3.05, 3.63) is 34.6 Å². The summed E-state index contributed by atoms with van der Waals surface area (Å²) in [4.78, 5) is 23.1. The van der Waals surface area contributed by atoms with Crippen molar-refractivity contribution in [3.63, 3.8) is 0 Å². The molecule has 3 rings (SSSR count). The van der Waals surface area contributed by atoms with Crippen molar-refractivity contribution in [3.8, 4) is 0 Å². The van der Waals surface area contributed by atoms with Gasteiger partial charge in [-0.25, -0.2) is 4.98 Å². The zero-order chi connectivity index (χ0) is 15.7. The molecule has 3 heterocycles. The van der Waals surface area contributed by atoms with Gasteiger partial charge in [-0.05, 0) is 20.2 Å². The number of ether oxygens (including phenoxy) is 1. The van der Waals surface area contributed by atoms with E-state index in [0.717, 1.165) is 6.54 Å². The summed E-state index contributed by atoms with van der Waals surface area (Å²) in [6.07, 6.45) is 3.34. The Morgan fingerprint density at radius 1 is 1.36 bits per heavy atom. The lowest BCUT2D eigenvalue weighted by Gasteiger charge is -2.11. The molecule has 0 aliphatic heterocycles. The molecule has 0 aromatic carbocycles. The summed E-state index contributed by atoms with van der Waals surface area (Å²) in [6, 6.07) is 1.87. The van der Waals surface area contributed by atoms with E-state index in [1.54, 1.807) is 28.6 Å². The highest BCUT2D eigenvalue weighted by atomic mass is 16.5. The summed E-state index contributed by atoms with van der Waals surface area (Å²) in [7, 11) is 5.54. The Kier molecular flexibility index (Phi) is 3.86. The number of rotatable bonds is 5. The maximum Gasteiger partial charge on any atom is 0.261 e. The van der Waals surface area contributed by atoms with Crippen LogP contribution in [0.4, 0.5) is 0 Å². The molecule has 0 saturated heterocycles. The smallest absolute Gasteiger partial charge is 0.261 e. The van der Waals surface area contributed by atoms with Crippen molar-refractivity contribution >= 4 is 16.7 Å². The Morgan fingerprint density at radius 3 is 2.91 bits per heavy atom. The number of pyridine rings is 1. The Hall–Kier alpha value is -2.32. The van der Waals surface area contributed by atoms with Crippen LogP contribution >= 0.6 is 0 Å². The molecule has 0 fully saturated rings. The van der Waals surface area contributed by atoms with Gasteiger partial charge in [-0.3, -0.25) is 4.79 Å². The minimum atomic E-state index is -0.0717. The van der Waals surface area contributed by atoms with Crippen LogP contribution in [-0.2, 0) is 17.9 Å². The van der Waals surface area contributed by atoms with Crippen molar-refractivity contribution in [2.75, 3.05) is 27.7 Å². The topological polar surface area (TPSA) is 77.6 Å². The van der Waals surface area contributed by atoms with Gasteiger partial charge in [0.05, 0.1) is 10.9 Å². The molecule has 0 amide bonds. The summed E-state index contributed by atoms with van der Waals surface area (Å²) in [5, 5.41) is 4.87. The predicted molar refractivity (Wildman–Crippen MR) is 81.8 cm³/mol. The van der Waals surface area contributed by atoms with Gasteiger partial charge in [0, 0.05) is 32.6 Å². The fourth-order valence-electron chi connectivity index (χ4n) is 2.28. The van der Waals surface area contributed by atoms with Crippen LogP contribution in [0, 0.1) is 0 Å².